The fourth-order valence-corrected chi connectivity index (χ4v) is 12.2. The first-order chi connectivity index (χ1) is 9.31. The average Bonchev–Trinajstić information content (AvgIpc) is 2.74. The molecule has 0 saturated heterocycles. The summed E-state index contributed by atoms with van der Waals surface area (Å²) in [6.45, 7) is 14.4. The van der Waals surface area contributed by atoms with Crippen LogP contribution >= 0.6 is 24.8 Å². The van der Waals surface area contributed by atoms with Crippen LogP contribution in [-0.2, 0) is 19.5 Å². The van der Waals surface area contributed by atoms with Crippen molar-refractivity contribution in [2.45, 2.75) is 68.7 Å². The van der Waals surface area contributed by atoms with E-state index in [0.29, 0.717) is 0 Å². The molecule has 0 spiro atoms. The van der Waals surface area contributed by atoms with Crippen LogP contribution in [0.1, 0.15) is 33.6 Å². The molecule has 0 aliphatic heterocycles. The first kappa shape index (κ1) is 26.0. The van der Waals surface area contributed by atoms with E-state index in [1.54, 1.807) is 3.88 Å². The van der Waals surface area contributed by atoms with E-state index in [2.05, 4.69) is 67.7 Å². The quantitative estimate of drug-likeness (QED) is 0.416. The van der Waals surface area contributed by atoms with Gasteiger partial charge in [0.25, 0.3) is 0 Å². The minimum atomic E-state index is -3.08. The third kappa shape index (κ3) is 9.16. The van der Waals surface area contributed by atoms with Crippen LogP contribution in [0.5, 0.6) is 0 Å². The normalized spacial score (nSPS) is 15.7. The summed E-state index contributed by atoms with van der Waals surface area (Å²) >= 11 is -3.08. The number of nitrogens with one attached hydrogen (secondary N) is 1. The molecule has 0 atom stereocenters. The van der Waals surface area contributed by atoms with Crippen molar-refractivity contribution < 1.29 is 19.5 Å². The summed E-state index contributed by atoms with van der Waals surface area (Å²) in [5, 5.41) is 2.44. The van der Waals surface area contributed by atoms with Crippen molar-refractivity contribution in [3.63, 3.8) is 0 Å². The number of hydrogen-bond acceptors (Lipinski definition) is 2. The Bertz CT molecular complexity index is 504. The summed E-state index contributed by atoms with van der Waals surface area (Å²) in [7, 11) is -1.40. The van der Waals surface area contributed by atoms with Gasteiger partial charge in [-0.2, -0.15) is 0 Å². The summed E-state index contributed by atoms with van der Waals surface area (Å²) < 4.78 is 12.8. The predicted molar refractivity (Wildman–Crippen MR) is 111 cm³/mol. The first-order valence-corrected chi connectivity index (χ1v) is 16.9. The summed E-state index contributed by atoms with van der Waals surface area (Å²) in [4.78, 5) is 4.83. The molecular formula is C17H37Cl2NOSiTi. The van der Waals surface area contributed by atoms with Crippen molar-refractivity contribution in [2.75, 3.05) is 6.61 Å². The van der Waals surface area contributed by atoms with Crippen LogP contribution < -0.4 is 3.80 Å². The Hall–Kier alpha value is 0.781. The Morgan fingerprint density at radius 1 is 1.26 bits per heavy atom. The standard InChI is InChI=1S/C6H15OSi.C5H5.C4H10N.CH3.CH2.2ClH.Ti/c1-5-6-7-8(2,3)4;1-2-4-5-3-1;1-4(2,3)5;;;;;/h1,5-6H2,2-4H3;1-3H,4H2;5H,1-3H3;1H3;1H2;2*1H;/q;;-1;;;;;+1. The number of halogens is 2. The molecule has 2 nitrogen and oxygen atoms in total. The minimum absolute atomic E-state index is 0. The van der Waals surface area contributed by atoms with Gasteiger partial charge in [0.15, 0.2) is 0 Å². The molecule has 0 radical (unpaired) electrons. The van der Waals surface area contributed by atoms with Gasteiger partial charge in [-0.25, -0.2) is 0 Å². The van der Waals surface area contributed by atoms with Gasteiger partial charge < -0.3 is 0 Å². The topological polar surface area (TPSA) is 21.3 Å². The van der Waals surface area contributed by atoms with Crippen molar-refractivity contribution in [3.05, 3.63) is 22.1 Å². The third-order valence-corrected chi connectivity index (χ3v) is 13.5. The van der Waals surface area contributed by atoms with E-state index in [9.17, 15) is 0 Å². The molecule has 1 N–H and O–H groups in total. The molecule has 0 aromatic carbocycles. The molecule has 1 rings (SSSR count). The van der Waals surface area contributed by atoms with E-state index in [-0.39, 0.29) is 30.4 Å². The van der Waals surface area contributed by atoms with Crippen molar-refractivity contribution >= 4 is 37.9 Å². The zero-order valence-corrected chi connectivity index (χ0v) is 20.2. The molecule has 1 aliphatic carbocycles. The van der Waals surface area contributed by atoms with Crippen LogP contribution in [0.25, 0.3) is 0 Å². The molecule has 0 aromatic heterocycles. The van der Waals surface area contributed by atoms with Gasteiger partial charge in [0, 0.05) is 0 Å². The summed E-state index contributed by atoms with van der Waals surface area (Å²) in [5.74, 6) is 0. The van der Waals surface area contributed by atoms with Gasteiger partial charge in [0.2, 0.25) is 0 Å². The Morgan fingerprint density at radius 2 is 1.83 bits per heavy atom. The van der Waals surface area contributed by atoms with E-state index in [4.69, 9.17) is 9.24 Å². The molecule has 138 valence electrons. The van der Waals surface area contributed by atoms with Gasteiger partial charge in [-0.05, 0) is 0 Å². The molecule has 0 fully saturated rings. The molecule has 0 unspecified atom stereocenters. The van der Waals surface area contributed by atoms with Crippen LogP contribution in [0.4, 0.5) is 0 Å². The average molecular weight is 418 g/mol. The Balaban J connectivity index is 0. The molecule has 6 heteroatoms. The zero-order valence-electron chi connectivity index (χ0n) is 16.0. The maximum absolute atomic E-state index is 6.04. The van der Waals surface area contributed by atoms with Crippen LogP contribution in [0.2, 0.25) is 29.6 Å². The molecule has 0 amide bonds. The Kier molecular flexibility index (Phi) is 10.1. The van der Waals surface area contributed by atoms with Gasteiger partial charge in [0.05, 0.1) is 0 Å². The van der Waals surface area contributed by atoms with Crippen LogP contribution in [0.3, 0.4) is 0 Å². The molecule has 1 aliphatic rings. The molecule has 0 bridgehead atoms. The van der Waals surface area contributed by atoms with Gasteiger partial charge in [-0.15, -0.1) is 24.8 Å². The fourth-order valence-electron chi connectivity index (χ4n) is 3.31. The van der Waals surface area contributed by atoms with E-state index in [1.807, 2.05) is 0 Å². The Morgan fingerprint density at radius 3 is 2.22 bits per heavy atom. The zero-order chi connectivity index (χ0) is 16.4. The van der Waals surface area contributed by atoms with Crippen LogP contribution in [0, 0.1) is 0 Å². The fraction of sp³-hybridized carbons (Fsp3) is 0.706. The second kappa shape index (κ2) is 8.93. The summed E-state index contributed by atoms with van der Waals surface area (Å²) in [6, 6.07) is 0. The predicted octanol–water partition coefficient (Wildman–Crippen LogP) is 5.81. The SMILES string of the molecule is Cl.Cl.[CH2]=[Ti]([CH3])([CH2]CCO[Si](C)(C)C)([NH]C(C)(C)C)[C]1=CC=CC1. The van der Waals surface area contributed by atoms with Gasteiger partial charge in [0.1, 0.15) is 0 Å². The third-order valence-electron chi connectivity index (χ3n) is 3.98. The van der Waals surface area contributed by atoms with Gasteiger partial charge >= 0.3 is 134 Å². The van der Waals surface area contributed by atoms with Gasteiger partial charge in [-0.1, -0.05) is 0 Å². The van der Waals surface area contributed by atoms with Crippen LogP contribution in [0.15, 0.2) is 22.1 Å². The number of rotatable bonds is 7. The number of hydrogen-bond donors (Lipinski definition) is 1. The van der Waals surface area contributed by atoms with Crippen LogP contribution in [-0.4, -0.2) is 25.3 Å². The van der Waals surface area contributed by atoms with Crippen molar-refractivity contribution in [2.24, 2.45) is 0 Å². The summed E-state index contributed by atoms with van der Waals surface area (Å²) in [6.07, 6.45) is 8.95. The Labute approximate surface area is 158 Å². The van der Waals surface area contributed by atoms with E-state index in [0.717, 1.165) is 19.4 Å². The maximum atomic E-state index is 6.04. The van der Waals surface area contributed by atoms with Crippen molar-refractivity contribution in [1.82, 2.24) is 3.80 Å². The molecule has 0 aromatic rings. The first-order valence-electron chi connectivity index (χ1n) is 8.17. The van der Waals surface area contributed by atoms with E-state index >= 15 is 0 Å². The molecular weight excluding hydrogens is 381 g/mol. The van der Waals surface area contributed by atoms with E-state index in [1.165, 1.54) is 4.73 Å². The molecule has 0 saturated carbocycles. The second-order valence-electron chi connectivity index (χ2n) is 9.05. The monoisotopic (exact) mass is 417 g/mol. The number of allylic oxidation sites excluding steroid dienone is 4. The second-order valence-corrected chi connectivity index (χ2v) is 22.9. The molecule has 23 heavy (non-hydrogen) atoms. The molecule has 0 heterocycles. The summed E-state index contributed by atoms with van der Waals surface area (Å²) in [5.41, 5.74) is 0.108. The van der Waals surface area contributed by atoms with Gasteiger partial charge in [-0.3, -0.25) is 0 Å². The van der Waals surface area contributed by atoms with Crippen molar-refractivity contribution in [1.29, 1.82) is 0 Å². The van der Waals surface area contributed by atoms with E-state index < -0.39 is 23.4 Å². The van der Waals surface area contributed by atoms with Crippen molar-refractivity contribution in [3.8, 4) is 0 Å².